The number of hydrogen-bond donors (Lipinski definition) is 1. The van der Waals surface area contributed by atoms with E-state index in [0.29, 0.717) is 23.4 Å². The number of nitrogens with one attached hydrogen (secondary N) is 1. The molecule has 0 spiro atoms. The number of esters is 2. The molecule has 0 aliphatic carbocycles. The SMILES string of the molecule is COC(=O)c1c(C)[nH]c(C(=O)COC(=O)/C=C/c2c(C)nn(Cc3ccc(C)cc3)c2C)c1C. The van der Waals surface area contributed by atoms with Crippen molar-refractivity contribution in [2.75, 3.05) is 13.7 Å². The van der Waals surface area contributed by atoms with Gasteiger partial charge in [-0.05, 0) is 51.8 Å². The van der Waals surface area contributed by atoms with E-state index < -0.39 is 24.3 Å². The average Bonchev–Trinajstić information content (AvgIpc) is 3.25. The summed E-state index contributed by atoms with van der Waals surface area (Å²) < 4.78 is 11.8. The number of aromatic amines is 1. The number of ether oxygens (including phenoxy) is 2. The van der Waals surface area contributed by atoms with Crippen LogP contribution in [0.15, 0.2) is 30.3 Å². The maximum atomic E-state index is 12.5. The van der Waals surface area contributed by atoms with Crippen molar-refractivity contribution in [2.45, 2.75) is 41.2 Å². The number of carbonyl (C=O) groups is 3. The largest absolute Gasteiger partial charge is 0.465 e. The van der Waals surface area contributed by atoms with E-state index in [1.54, 1.807) is 19.9 Å². The van der Waals surface area contributed by atoms with E-state index in [1.165, 1.54) is 18.7 Å². The predicted molar refractivity (Wildman–Crippen MR) is 128 cm³/mol. The van der Waals surface area contributed by atoms with Crippen LogP contribution in [-0.2, 0) is 20.8 Å². The van der Waals surface area contributed by atoms with Crippen LogP contribution in [0.3, 0.4) is 0 Å². The van der Waals surface area contributed by atoms with Gasteiger partial charge in [0, 0.05) is 23.0 Å². The second-order valence-electron chi connectivity index (χ2n) is 8.21. The molecule has 0 saturated heterocycles. The molecule has 178 valence electrons. The molecule has 8 nitrogen and oxygen atoms in total. The van der Waals surface area contributed by atoms with Gasteiger partial charge in [-0.1, -0.05) is 29.8 Å². The van der Waals surface area contributed by atoms with Gasteiger partial charge in [-0.25, -0.2) is 9.59 Å². The monoisotopic (exact) mass is 463 g/mol. The van der Waals surface area contributed by atoms with Crippen LogP contribution in [0.2, 0.25) is 0 Å². The van der Waals surface area contributed by atoms with Crippen molar-refractivity contribution in [3.05, 3.63) is 80.9 Å². The van der Waals surface area contributed by atoms with Crippen molar-refractivity contribution in [1.82, 2.24) is 14.8 Å². The topological polar surface area (TPSA) is 103 Å². The number of methoxy groups -OCH3 is 1. The van der Waals surface area contributed by atoms with Crippen molar-refractivity contribution >= 4 is 23.8 Å². The standard InChI is InChI=1S/C26H29N3O5/c1-15-7-9-20(10-8-15)13-29-19(5)21(17(3)28-29)11-12-23(31)34-14-22(30)25-16(2)24(18(4)27-25)26(32)33-6/h7-12,27H,13-14H2,1-6H3/b12-11+. The van der Waals surface area contributed by atoms with E-state index in [1.807, 2.05) is 25.5 Å². The summed E-state index contributed by atoms with van der Waals surface area (Å²) in [5.41, 5.74) is 6.39. The lowest BCUT2D eigenvalue weighted by Crippen LogP contribution is -2.14. The highest BCUT2D eigenvalue weighted by Crippen LogP contribution is 2.20. The predicted octanol–water partition coefficient (Wildman–Crippen LogP) is 4.03. The number of benzene rings is 1. The second-order valence-corrected chi connectivity index (χ2v) is 8.21. The number of H-pyrrole nitrogens is 1. The fraction of sp³-hybridized carbons (Fsp3) is 0.308. The van der Waals surface area contributed by atoms with Crippen LogP contribution in [0.1, 0.15) is 60.2 Å². The first-order valence-corrected chi connectivity index (χ1v) is 10.9. The first-order chi connectivity index (χ1) is 16.1. The quantitative estimate of drug-likeness (QED) is 0.307. The van der Waals surface area contributed by atoms with Crippen molar-refractivity contribution in [3.8, 4) is 0 Å². The lowest BCUT2D eigenvalue weighted by molar-refractivity contribution is -0.136. The summed E-state index contributed by atoms with van der Waals surface area (Å²) >= 11 is 0. The summed E-state index contributed by atoms with van der Waals surface area (Å²) in [5.74, 6) is -1.61. The van der Waals surface area contributed by atoms with E-state index in [4.69, 9.17) is 9.47 Å². The molecular weight excluding hydrogens is 434 g/mol. The Morgan fingerprint density at radius 3 is 2.38 bits per heavy atom. The molecule has 0 aliphatic rings. The number of nitrogens with zero attached hydrogens (tertiary/aromatic N) is 2. The highest BCUT2D eigenvalue weighted by molar-refractivity contribution is 6.03. The van der Waals surface area contributed by atoms with E-state index >= 15 is 0 Å². The minimum Gasteiger partial charge on any atom is -0.465 e. The smallest absolute Gasteiger partial charge is 0.339 e. The summed E-state index contributed by atoms with van der Waals surface area (Å²) in [6.07, 6.45) is 2.93. The number of carbonyl (C=O) groups excluding carboxylic acids is 3. The molecule has 0 aliphatic heterocycles. The molecule has 3 aromatic rings. The zero-order valence-corrected chi connectivity index (χ0v) is 20.3. The fourth-order valence-electron chi connectivity index (χ4n) is 3.82. The van der Waals surface area contributed by atoms with Crippen LogP contribution in [0.5, 0.6) is 0 Å². The first-order valence-electron chi connectivity index (χ1n) is 10.9. The van der Waals surface area contributed by atoms with Crippen molar-refractivity contribution in [1.29, 1.82) is 0 Å². The molecule has 0 atom stereocenters. The molecule has 3 rings (SSSR count). The molecule has 0 unspecified atom stereocenters. The summed E-state index contributed by atoms with van der Waals surface area (Å²) in [7, 11) is 1.28. The van der Waals surface area contributed by atoms with Gasteiger partial charge in [0.2, 0.25) is 5.78 Å². The number of aryl methyl sites for hydroxylation is 3. The lowest BCUT2D eigenvalue weighted by atomic mass is 10.1. The molecule has 0 radical (unpaired) electrons. The van der Waals surface area contributed by atoms with Gasteiger partial charge in [0.1, 0.15) is 0 Å². The van der Waals surface area contributed by atoms with Gasteiger partial charge >= 0.3 is 11.9 Å². The third-order valence-electron chi connectivity index (χ3n) is 5.73. The zero-order valence-electron chi connectivity index (χ0n) is 20.3. The van der Waals surface area contributed by atoms with Gasteiger partial charge in [-0.2, -0.15) is 5.10 Å². The lowest BCUT2D eigenvalue weighted by Gasteiger charge is -2.05. The Balaban J connectivity index is 1.64. The van der Waals surface area contributed by atoms with Crippen LogP contribution in [0, 0.1) is 34.6 Å². The summed E-state index contributed by atoms with van der Waals surface area (Å²) in [6, 6.07) is 8.26. The summed E-state index contributed by atoms with van der Waals surface area (Å²) in [5, 5.41) is 4.58. The summed E-state index contributed by atoms with van der Waals surface area (Å²) in [6.45, 7) is 9.36. The molecule has 0 fully saturated rings. The van der Waals surface area contributed by atoms with Crippen molar-refractivity contribution < 1.29 is 23.9 Å². The second kappa shape index (κ2) is 10.3. The third kappa shape index (κ3) is 5.33. The molecule has 0 saturated carbocycles. The molecule has 1 N–H and O–H groups in total. The van der Waals surface area contributed by atoms with Crippen molar-refractivity contribution in [2.24, 2.45) is 0 Å². The fourth-order valence-corrected chi connectivity index (χ4v) is 3.82. The molecule has 1 aromatic carbocycles. The summed E-state index contributed by atoms with van der Waals surface area (Å²) in [4.78, 5) is 39.5. The van der Waals surface area contributed by atoms with Crippen LogP contribution in [0.25, 0.3) is 6.08 Å². The molecule has 0 amide bonds. The van der Waals surface area contributed by atoms with E-state index in [0.717, 1.165) is 22.5 Å². The number of aromatic nitrogens is 3. The van der Waals surface area contributed by atoms with Gasteiger partial charge < -0.3 is 14.5 Å². The number of hydrogen-bond acceptors (Lipinski definition) is 6. The maximum Gasteiger partial charge on any atom is 0.339 e. The van der Waals surface area contributed by atoms with Crippen molar-refractivity contribution in [3.63, 3.8) is 0 Å². The van der Waals surface area contributed by atoms with E-state index in [9.17, 15) is 14.4 Å². The minimum atomic E-state index is -0.646. The van der Waals surface area contributed by atoms with Gasteiger partial charge in [-0.15, -0.1) is 0 Å². The number of ketones is 1. The van der Waals surface area contributed by atoms with Crippen LogP contribution in [-0.4, -0.2) is 46.2 Å². The number of Topliss-reactive ketones (excluding diaryl/α,β-unsaturated/α-hetero) is 1. The zero-order chi connectivity index (χ0) is 25.0. The molecule has 2 heterocycles. The van der Waals surface area contributed by atoms with E-state index in [-0.39, 0.29) is 5.69 Å². The molecular formula is C26H29N3O5. The first kappa shape index (κ1) is 24.7. The van der Waals surface area contributed by atoms with E-state index in [2.05, 4.69) is 34.3 Å². The highest BCUT2D eigenvalue weighted by atomic mass is 16.5. The Hall–Kier alpha value is -3.94. The highest BCUT2D eigenvalue weighted by Gasteiger charge is 2.23. The van der Waals surface area contributed by atoms with Gasteiger partial charge in [0.25, 0.3) is 0 Å². The Morgan fingerprint density at radius 1 is 1.06 bits per heavy atom. The van der Waals surface area contributed by atoms with Gasteiger partial charge in [-0.3, -0.25) is 9.48 Å². The van der Waals surface area contributed by atoms with Gasteiger partial charge in [0.05, 0.1) is 30.6 Å². The maximum absolute atomic E-state index is 12.5. The Bertz CT molecular complexity index is 1260. The normalized spacial score (nSPS) is 11.1. The number of rotatable bonds is 8. The van der Waals surface area contributed by atoms with Crippen LogP contribution < -0.4 is 0 Å². The molecule has 2 aromatic heterocycles. The Kier molecular flexibility index (Phi) is 7.50. The molecule has 34 heavy (non-hydrogen) atoms. The van der Waals surface area contributed by atoms with Gasteiger partial charge in [0.15, 0.2) is 6.61 Å². The molecule has 8 heteroatoms. The Morgan fingerprint density at radius 2 is 1.74 bits per heavy atom. The molecule has 0 bridgehead atoms. The Labute approximate surface area is 198 Å². The minimum absolute atomic E-state index is 0.221. The van der Waals surface area contributed by atoms with Crippen LogP contribution >= 0.6 is 0 Å². The van der Waals surface area contributed by atoms with Crippen LogP contribution in [0.4, 0.5) is 0 Å². The average molecular weight is 464 g/mol. The third-order valence-corrected chi connectivity index (χ3v) is 5.73.